The average Bonchev–Trinajstić information content (AvgIpc) is 3.21. The van der Waals surface area contributed by atoms with Gasteiger partial charge in [0.2, 0.25) is 0 Å². The van der Waals surface area contributed by atoms with Crippen molar-refractivity contribution in [2.24, 2.45) is 0 Å². The van der Waals surface area contributed by atoms with Gasteiger partial charge in [-0.3, -0.25) is 0 Å². The monoisotopic (exact) mass is 392 g/mol. The van der Waals surface area contributed by atoms with Gasteiger partial charge in [-0.15, -0.1) is 0 Å². The van der Waals surface area contributed by atoms with Crippen LogP contribution in [-0.4, -0.2) is 26.2 Å². The van der Waals surface area contributed by atoms with Crippen LogP contribution in [0.4, 0.5) is 0 Å². The van der Waals surface area contributed by atoms with E-state index in [0.717, 1.165) is 47.1 Å². The Kier molecular flexibility index (Phi) is 4.74. The molecule has 0 fully saturated rings. The summed E-state index contributed by atoms with van der Waals surface area (Å²) in [6.07, 6.45) is 1.06. The number of aliphatic carboxylic acids is 1. The summed E-state index contributed by atoms with van der Waals surface area (Å²) in [7, 11) is 0. The maximum absolute atomic E-state index is 12.3. The summed E-state index contributed by atoms with van der Waals surface area (Å²) in [6.45, 7) is 10.5. The van der Waals surface area contributed by atoms with Crippen LogP contribution in [0.1, 0.15) is 55.8 Å². The first-order chi connectivity index (χ1) is 13.7. The lowest BCUT2D eigenvalue weighted by Crippen LogP contribution is -2.28. The number of hydrogen-bond donors (Lipinski definition) is 1. The Morgan fingerprint density at radius 3 is 2.52 bits per heavy atom. The molecule has 152 valence electrons. The predicted octanol–water partition coefficient (Wildman–Crippen LogP) is 5.21. The van der Waals surface area contributed by atoms with E-state index in [1.165, 1.54) is 5.69 Å². The number of aromatic nitrogens is 2. The number of pyridine rings is 1. The third-order valence-electron chi connectivity index (χ3n) is 5.47. The smallest absolute Gasteiger partial charge is 0.337 e. The van der Waals surface area contributed by atoms with Crippen molar-refractivity contribution in [3.05, 3.63) is 52.8 Å². The van der Waals surface area contributed by atoms with Gasteiger partial charge in [0.25, 0.3) is 0 Å². The molecule has 0 saturated carbocycles. The van der Waals surface area contributed by atoms with E-state index in [0.29, 0.717) is 11.3 Å². The maximum atomic E-state index is 12.3. The van der Waals surface area contributed by atoms with Crippen LogP contribution in [0.5, 0.6) is 0 Å². The summed E-state index contributed by atoms with van der Waals surface area (Å²) in [4.78, 5) is 17.1. The number of carbonyl (C=O) groups is 1. The Morgan fingerprint density at radius 1 is 1.21 bits per heavy atom. The number of benzene rings is 1. The van der Waals surface area contributed by atoms with E-state index in [9.17, 15) is 9.90 Å². The average molecular weight is 392 g/mol. The molecule has 0 amide bonds. The Bertz CT molecular complexity index is 1090. The van der Waals surface area contributed by atoms with Gasteiger partial charge < -0.3 is 14.4 Å². The second-order valence-electron chi connectivity index (χ2n) is 8.93. The van der Waals surface area contributed by atoms with Crippen molar-refractivity contribution in [2.75, 3.05) is 0 Å². The topological polar surface area (TPSA) is 64.3 Å². The largest absolute Gasteiger partial charge is 0.479 e. The van der Waals surface area contributed by atoms with Crippen molar-refractivity contribution < 1.29 is 14.6 Å². The van der Waals surface area contributed by atoms with Crippen LogP contribution >= 0.6 is 0 Å². The molecule has 29 heavy (non-hydrogen) atoms. The van der Waals surface area contributed by atoms with Crippen molar-refractivity contribution in [1.82, 2.24) is 9.55 Å². The van der Waals surface area contributed by atoms with Crippen LogP contribution < -0.4 is 0 Å². The number of fused-ring (bicyclic) bond motifs is 3. The summed E-state index contributed by atoms with van der Waals surface area (Å²) in [5, 5.41) is 11.1. The first kappa shape index (κ1) is 19.6. The molecule has 5 nitrogen and oxygen atoms in total. The highest BCUT2D eigenvalue weighted by Gasteiger charge is 2.33. The molecule has 3 heterocycles. The summed E-state index contributed by atoms with van der Waals surface area (Å²) >= 11 is 0. The fourth-order valence-electron chi connectivity index (χ4n) is 4.25. The molecule has 2 aromatic heterocycles. The number of nitrogens with zero attached hydrogens (tertiary/aromatic N) is 2. The van der Waals surface area contributed by atoms with Gasteiger partial charge in [-0.2, -0.15) is 0 Å². The second kappa shape index (κ2) is 6.99. The molecule has 5 heteroatoms. The van der Waals surface area contributed by atoms with Gasteiger partial charge in [-0.1, -0.05) is 29.8 Å². The van der Waals surface area contributed by atoms with E-state index in [-0.39, 0.29) is 0 Å². The van der Waals surface area contributed by atoms with Crippen molar-refractivity contribution in [3.8, 4) is 11.1 Å². The van der Waals surface area contributed by atoms with E-state index in [1.807, 2.05) is 34.6 Å². The van der Waals surface area contributed by atoms with E-state index in [4.69, 9.17) is 9.72 Å². The van der Waals surface area contributed by atoms with E-state index < -0.39 is 17.7 Å². The van der Waals surface area contributed by atoms with Crippen molar-refractivity contribution in [1.29, 1.82) is 0 Å². The van der Waals surface area contributed by atoms with Crippen LogP contribution in [0.2, 0.25) is 0 Å². The van der Waals surface area contributed by atoms with Gasteiger partial charge >= 0.3 is 5.97 Å². The molecule has 1 aromatic carbocycles. The Hall–Kier alpha value is -2.66. The first-order valence-corrected chi connectivity index (χ1v) is 10.2. The molecule has 0 radical (unpaired) electrons. The van der Waals surface area contributed by atoms with Crippen LogP contribution in [0, 0.1) is 13.8 Å². The Balaban J connectivity index is 2.05. The standard InChI is InChI=1S/C24H28N2O3/c1-14-8-10-16(11-9-14)20-18-13-17-7-6-12-26(17)22(18)25-15(2)19(20)21(23(27)28)29-24(3,4)5/h8-11,13,21H,6-7,12H2,1-5H3,(H,27,28). The lowest BCUT2D eigenvalue weighted by atomic mass is 9.91. The molecule has 0 saturated heterocycles. The molecular formula is C24H28N2O3. The van der Waals surface area contributed by atoms with Crippen molar-refractivity contribution in [3.63, 3.8) is 0 Å². The third-order valence-corrected chi connectivity index (χ3v) is 5.47. The molecule has 0 aliphatic carbocycles. The summed E-state index contributed by atoms with van der Waals surface area (Å²) in [6, 6.07) is 10.4. The van der Waals surface area contributed by atoms with Gasteiger partial charge in [0.1, 0.15) is 5.65 Å². The molecule has 1 unspecified atom stereocenters. The third kappa shape index (κ3) is 3.55. The van der Waals surface area contributed by atoms with Gasteiger partial charge in [0.15, 0.2) is 6.10 Å². The van der Waals surface area contributed by atoms with E-state index in [1.54, 1.807) is 0 Å². The highest BCUT2D eigenvalue weighted by Crippen LogP contribution is 2.41. The number of carboxylic acid groups (broad SMARTS) is 1. The molecule has 3 aromatic rings. The molecule has 0 spiro atoms. The molecule has 1 N–H and O–H groups in total. The van der Waals surface area contributed by atoms with Gasteiger partial charge in [-0.05, 0) is 59.1 Å². The van der Waals surface area contributed by atoms with Crippen molar-refractivity contribution >= 4 is 17.0 Å². The van der Waals surface area contributed by atoms with Crippen molar-refractivity contribution in [2.45, 2.75) is 65.7 Å². The second-order valence-corrected chi connectivity index (χ2v) is 8.93. The fraction of sp³-hybridized carbons (Fsp3) is 0.417. The Morgan fingerprint density at radius 2 is 1.90 bits per heavy atom. The highest BCUT2D eigenvalue weighted by atomic mass is 16.5. The maximum Gasteiger partial charge on any atom is 0.337 e. The zero-order chi connectivity index (χ0) is 20.9. The zero-order valence-electron chi connectivity index (χ0n) is 17.7. The van der Waals surface area contributed by atoms with E-state index >= 15 is 0 Å². The summed E-state index contributed by atoms with van der Waals surface area (Å²) < 4.78 is 8.30. The number of hydrogen-bond acceptors (Lipinski definition) is 3. The fourth-order valence-corrected chi connectivity index (χ4v) is 4.25. The number of carboxylic acids is 1. The number of rotatable bonds is 4. The molecule has 1 atom stereocenters. The van der Waals surface area contributed by atoms with Gasteiger partial charge in [0, 0.05) is 34.4 Å². The molecule has 1 aliphatic rings. The van der Waals surface area contributed by atoms with Crippen LogP contribution in [0.3, 0.4) is 0 Å². The quantitative estimate of drug-likeness (QED) is 0.662. The van der Waals surface area contributed by atoms with Crippen LogP contribution in [0.25, 0.3) is 22.2 Å². The molecular weight excluding hydrogens is 364 g/mol. The molecule has 4 rings (SSSR count). The summed E-state index contributed by atoms with van der Waals surface area (Å²) in [5.41, 5.74) is 6.04. The predicted molar refractivity (Wildman–Crippen MR) is 114 cm³/mol. The zero-order valence-corrected chi connectivity index (χ0v) is 17.7. The number of ether oxygens (including phenoxy) is 1. The lowest BCUT2D eigenvalue weighted by molar-refractivity contribution is -0.160. The van der Waals surface area contributed by atoms with Gasteiger partial charge in [0.05, 0.1) is 5.60 Å². The number of aryl methyl sites for hydroxylation is 4. The minimum Gasteiger partial charge on any atom is -0.479 e. The minimum absolute atomic E-state index is 0.600. The normalized spacial score (nSPS) is 14.9. The van der Waals surface area contributed by atoms with Gasteiger partial charge in [-0.25, -0.2) is 9.78 Å². The summed E-state index contributed by atoms with van der Waals surface area (Å²) in [5.74, 6) is -0.996. The minimum atomic E-state index is -1.09. The Labute approximate surface area is 171 Å². The molecule has 1 aliphatic heterocycles. The SMILES string of the molecule is Cc1ccc(-c2c(C(OC(C)(C)C)C(=O)O)c(C)nc3c2cc2n3CCC2)cc1. The van der Waals surface area contributed by atoms with Crippen LogP contribution in [0.15, 0.2) is 30.3 Å². The highest BCUT2D eigenvalue weighted by molar-refractivity contribution is 5.98. The van der Waals surface area contributed by atoms with Crippen LogP contribution in [-0.2, 0) is 22.5 Å². The van der Waals surface area contributed by atoms with E-state index in [2.05, 4.69) is 34.9 Å². The molecule has 0 bridgehead atoms. The lowest BCUT2D eigenvalue weighted by Gasteiger charge is -2.28. The first-order valence-electron chi connectivity index (χ1n) is 10.2.